The SMILES string of the molecule is CC1(C)CC(N2N=C(N)CC2=O)CCO1. The summed E-state index contributed by atoms with van der Waals surface area (Å²) in [5.74, 6) is 0.430. The monoisotopic (exact) mass is 211 g/mol. The number of nitrogens with two attached hydrogens (primary N) is 1. The molecule has 0 bridgehead atoms. The van der Waals surface area contributed by atoms with Gasteiger partial charge in [0.2, 0.25) is 0 Å². The number of carbonyl (C=O) groups excluding carboxylic acids is 1. The summed E-state index contributed by atoms with van der Waals surface area (Å²) in [7, 11) is 0. The number of hydrogen-bond acceptors (Lipinski definition) is 4. The van der Waals surface area contributed by atoms with E-state index < -0.39 is 0 Å². The highest BCUT2D eigenvalue weighted by atomic mass is 16.5. The summed E-state index contributed by atoms with van der Waals surface area (Å²) in [6.07, 6.45) is 1.92. The summed E-state index contributed by atoms with van der Waals surface area (Å²) in [4.78, 5) is 11.6. The van der Waals surface area contributed by atoms with Gasteiger partial charge in [-0.15, -0.1) is 0 Å². The van der Waals surface area contributed by atoms with Gasteiger partial charge in [0.25, 0.3) is 5.91 Å². The zero-order chi connectivity index (χ0) is 11.1. The maximum Gasteiger partial charge on any atom is 0.250 e. The number of hydrazone groups is 1. The predicted molar refractivity (Wildman–Crippen MR) is 56.1 cm³/mol. The summed E-state index contributed by atoms with van der Waals surface area (Å²) < 4.78 is 5.60. The quantitative estimate of drug-likeness (QED) is 0.684. The smallest absolute Gasteiger partial charge is 0.250 e. The van der Waals surface area contributed by atoms with Crippen LogP contribution in [0.3, 0.4) is 0 Å². The Morgan fingerprint density at radius 3 is 2.87 bits per heavy atom. The summed E-state index contributed by atoms with van der Waals surface area (Å²) in [5.41, 5.74) is 5.38. The molecule has 2 rings (SSSR count). The Hall–Kier alpha value is -1.10. The van der Waals surface area contributed by atoms with Crippen LogP contribution < -0.4 is 5.73 Å². The van der Waals surface area contributed by atoms with Crippen LogP contribution in [0.5, 0.6) is 0 Å². The minimum Gasteiger partial charge on any atom is -0.385 e. The number of rotatable bonds is 1. The molecular weight excluding hydrogens is 194 g/mol. The molecule has 2 N–H and O–H groups in total. The highest BCUT2D eigenvalue weighted by Gasteiger charge is 2.36. The van der Waals surface area contributed by atoms with Gasteiger partial charge in [0.05, 0.1) is 18.1 Å². The molecule has 0 aromatic rings. The fourth-order valence-corrected chi connectivity index (χ4v) is 2.16. The van der Waals surface area contributed by atoms with Crippen LogP contribution in [0.2, 0.25) is 0 Å². The van der Waals surface area contributed by atoms with Gasteiger partial charge in [-0.25, -0.2) is 5.01 Å². The Morgan fingerprint density at radius 1 is 1.60 bits per heavy atom. The summed E-state index contributed by atoms with van der Waals surface area (Å²) in [5, 5.41) is 5.62. The second-order valence-electron chi connectivity index (χ2n) is 4.76. The first-order valence-corrected chi connectivity index (χ1v) is 5.27. The minimum absolute atomic E-state index is 0.00944. The fourth-order valence-electron chi connectivity index (χ4n) is 2.16. The molecule has 0 aromatic heterocycles. The fraction of sp³-hybridized carbons (Fsp3) is 0.800. The Balaban J connectivity index is 2.08. The van der Waals surface area contributed by atoms with Gasteiger partial charge >= 0.3 is 0 Å². The molecule has 84 valence electrons. The van der Waals surface area contributed by atoms with E-state index in [0.717, 1.165) is 12.8 Å². The van der Waals surface area contributed by atoms with Crippen LogP contribution in [-0.2, 0) is 9.53 Å². The number of carbonyl (C=O) groups is 1. The number of amidine groups is 1. The second-order valence-corrected chi connectivity index (χ2v) is 4.76. The van der Waals surface area contributed by atoms with E-state index >= 15 is 0 Å². The third kappa shape index (κ3) is 2.12. The van der Waals surface area contributed by atoms with Gasteiger partial charge in [-0.05, 0) is 26.7 Å². The molecule has 0 aliphatic carbocycles. The normalized spacial score (nSPS) is 30.5. The van der Waals surface area contributed by atoms with Crippen molar-refractivity contribution in [1.82, 2.24) is 5.01 Å². The first kappa shape index (κ1) is 10.4. The van der Waals surface area contributed by atoms with Gasteiger partial charge in [-0.3, -0.25) is 4.79 Å². The van der Waals surface area contributed by atoms with E-state index in [2.05, 4.69) is 5.10 Å². The Morgan fingerprint density at radius 2 is 2.33 bits per heavy atom. The van der Waals surface area contributed by atoms with Gasteiger partial charge in [0.15, 0.2) is 0 Å². The zero-order valence-electron chi connectivity index (χ0n) is 9.19. The van der Waals surface area contributed by atoms with E-state index in [4.69, 9.17) is 10.5 Å². The predicted octanol–water partition coefficient (Wildman–Crippen LogP) is 0.448. The molecule has 0 aromatic carbocycles. The van der Waals surface area contributed by atoms with Crippen molar-refractivity contribution in [2.45, 2.75) is 44.8 Å². The number of nitrogens with zero attached hydrogens (tertiary/aromatic N) is 2. The van der Waals surface area contributed by atoms with E-state index in [9.17, 15) is 4.79 Å². The van der Waals surface area contributed by atoms with E-state index in [1.165, 1.54) is 0 Å². The van der Waals surface area contributed by atoms with Crippen molar-refractivity contribution >= 4 is 11.7 Å². The van der Waals surface area contributed by atoms with Crippen LogP contribution in [0.1, 0.15) is 33.1 Å². The third-order valence-corrected chi connectivity index (χ3v) is 2.84. The molecule has 1 unspecified atom stereocenters. The number of amides is 1. The molecule has 5 heteroatoms. The largest absolute Gasteiger partial charge is 0.385 e. The van der Waals surface area contributed by atoms with Gasteiger partial charge in [-0.2, -0.15) is 5.10 Å². The van der Waals surface area contributed by atoms with Gasteiger partial charge in [0, 0.05) is 6.61 Å². The van der Waals surface area contributed by atoms with Crippen LogP contribution in [0, 0.1) is 0 Å². The van der Waals surface area contributed by atoms with E-state index in [0.29, 0.717) is 12.4 Å². The topological polar surface area (TPSA) is 67.9 Å². The summed E-state index contributed by atoms with van der Waals surface area (Å²) in [6, 6.07) is 0.141. The molecule has 0 radical (unpaired) electrons. The van der Waals surface area contributed by atoms with E-state index in [1.54, 1.807) is 5.01 Å². The van der Waals surface area contributed by atoms with Crippen molar-refractivity contribution in [3.05, 3.63) is 0 Å². The molecule has 2 heterocycles. The molecule has 0 spiro atoms. The molecule has 2 aliphatic heterocycles. The first-order valence-electron chi connectivity index (χ1n) is 5.27. The van der Waals surface area contributed by atoms with Crippen LogP contribution in [0.4, 0.5) is 0 Å². The van der Waals surface area contributed by atoms with Crippen molar-refractivity contribution in [2.75, 3.05) is 6.61 Å². The lowest BCUT2D eigenvalue weighted by Crippen LogP contribution is -2.44. The Bertz CT molecular complexity index is 312. The highest BCUT2D eigenvalue weighted by Crippen LogP contribution is 2.29. The van der Waals surface area contributed by atoms with Crippen molar-refractivity contribution in [3.63, 3.8) is 0 Å². The molecule has 5 nitrogen and oxygen atoms in total. The third-order valence-electron chi connectivity index (χ3n) is 2.84. The van der Waals surface area contributed by atoms with Crippen molar-refractivity contribution in [1.29, 1.82) is 0 Å². The standard InChI is InChI=1S/C10H17N3O2/c1-10(2)6-7(3-4-15-10)13-9(14)5-8(11)12-13/h7H,3-6H2,1-2H3,(H2,11,12). The van der Waals surface area contributed by atoms with Crippen LogP contribution in [-0.4, -0.2) is 35.0 Å². The minimum atomic E-state index is -0.171. The van der Waals surface area contributed by atoms with Gasteiger partial charge in [0.1, 0.15) is 5.84 Å². The summed E-state index contributed by atoms with van der Waals surface area (Å²) >= 11 is 0. The maximum absolute atomic E-state index is 11.6. The number of hydrogen-bond donors (Lipinski definition) is 1. The molecule has 1 saturated heterocycles. The van der Waals surface area contributed by atoms with Gasteiger partial charge in [-0.1, -0.05) is 0 Å². The van der Waals surface area contributed by atoms with E-state index in [1.807, 2.05) is 13.8 Å². The molecular formula is C10H17N3O2. The maximum atomic E-state index is 11.6. The highest BCUT2D eigenvalue weighted by molar-refractivity contribution is 6.03. The van der Waals surface area contributed by atoms with Crippen molar-refractivity contribution in [3.8, 4) is 0 Å². The molecule has 1 fully saturated rings. The van der Waals surface area contributed by atoms with Crippen molar-refractivity contribution in [2.24, 2.45) is 10.8 Å². The second kappa shape index (κ2) is 3.48. The lowest BCUT2D eigenvalue weighted by atomic mass is 9.93. The average Bonchev–Trinajstić information content (AvgIpc) is 2.43. The number of ether oxygens (including phenoxy) is 1. The van der Waals surface area contributed by atoms with Crippen LogP contribution in [0.25, 0.3) is 0 Å². The van der Waals surface area contributed by atoms with Crippen LogP contribution >= 0.6 is 0 Å². The zero-order valence-corrected chi connectivity index (χ0v) is 9.19. The molecule has 2 aliphatic rings. The molecule has 1 atom stereocenters. The summed E-state index contributed by atoms with van der Waals surface area (Å²) in [6.45, 7) is 4.75. The molecule has 1 amide bonds. The molecule has 0 saturated carbocycles. The van der Waals surface area contributed by atoms with Crippen LogP contribution in [0.15, 0.2) is 5.10 Å². The lowest BCUT2D eigenvalue weighted by Gasteiger charge is -2.37. The average molecular weight is 211 g/mol. The van der Waals surface area contributed by atoms with Crippen molar-refractivity contribution < 1.29 is 9.53 Å². The Kier molecular flexibility index (Phi) is 2.42. The Labute approximate surface area is 89.3 Å². The first-order chi connectivity index (χ1) is 6.98. The lowest BCUT2D eigenvalue weighted by molar-refractivity contribution is -0.137. The molecule has 15 heavy (non-hydrogen) atoms. The van der Waals surface area contributed by atoms with Gasteiger partial charge < -0.3 is 10.5 Å². The van der Waals surface area contributed by atoms with E-state index in [-0.39, 0.29) is 24.0 Å².